The third-order valence-corrected chi connectivity index (χ3v) is 3.40. The zero-order valence-corrected chi connectivity index (χ0v) is 11.0. The lowest BCUT2D eigenvalue weighted by Crippen LogP contribution is -2.24. The number of nitrogens with one attached hydrogen (secondary N) is 1. The quantitative estimate of drug-likeness (QED) is 0.860. The summed E-state index contributed by atoms with van der Waals surface area (Å²) in [6.45, 7) is 3.20. The molecule has 1 heterocycles. The zero-order chi connectivity index (χ0) is 11.4. The largest absolute Gasteiger partial charge is 0.491 e. The van der Waals surface area contributed by atoms with Gasteiger partial charge in [-0.1, -0.05) is 15.9 Å². The van der Waals surface area contributed by atoms with Crippen molar-refractivity contribution in [3.8, 4) is 5.75 Å². The van der Waals surface area contributed by atoms with E-state index < -0.39 is 0 Å². The molecule has 1 aromatic rings. The van der Waals surface area contributed by atoms with Crippen LogP contribution < -0.4 is 10.1 Å². The number of halogens is 1. The average molecular weight is 286 g/mol. The molecule has 4 heteroatoms. The van der Waals surface area contributed by atoms with E-state index in [1.165, 1.54) is 11.1 Å². The Morgan fingerprint density at radius 3 is 3.06 bits per heavy atom. The Morgan fingerprint density at radius 2 is 2.25 bits per heavy atom. The second kappa shape index (κ2) is 5.66. The number of fused-ring (bicyclic) bond motifs is 1. The lowest BCUT2D eigenvalue weighted by molar-refractivity contribution is 0.146. The number of benzene rings is 1. The molecular formula is C12H16BrNO2. The minimum absolute atomic E-state index is 0.597. The Bertz CT molecular complexity index is 368. The second-order valence-electron chi connectivity index (χ2n) is 3.81. The van der Waals surface area contributed by atoms with Crippen LogP contribution in [0.25, 0.3) is 0 Å². The Kier molecular flexibility index (Phi) is 4.21. The summed E-state index contributed by atoms with van der Waals surface area (Å²) in [6, 6.07) is 4.16. The van der Waals surface area contributed by atoms with Gasteiger partial charge in [-0.15, -0.1) is 0 Å². The van der Waals surface area contributed by atoms with Gasteiger partial charge in [0.05, 0.1) is 6.61 Å². The molecule has 1 N–H and O–H groups in total. The van der Waals surface area contributed by atoms with Gasteiger partial charge < -0.3 is 14.8 Å². The summed E-state index contributed by atoms with van der Waals surface area (Å²) in [4.78, 5) is 0. The zero-order valence-electron chi connectivity index (χ0n) is 9.38. The lowest BCUT2D eigenvalue weighted by atomic mass is 10.0. The first-order chi connectivity index (χ1) is 7.81. The molecule has 0 fully saturated rings. The second-order valence-corrected chi connectivity index (χ2v) is 4.67. The van der Waals surface area contributed by atoms with Crippen molar-refractivity contribution in [1.82, 2.24) is 5.32 Å². The summed E-state index contributed by atoms with van der Waals surface area (Å²) in [6.07, 6.45) is 1.06. The van der Waals surface area contributed by atoms with Crippen molar-refractivity contribution in [1.29, 1.82) is 0 Å². The minimum Gasteiger partial charge on any atom is -0.491 e. The van der Waals surface area contributed by atoms with E-state index in [9.17, 15) is 0 Å². The van der Waals surface area contributed by atoms with Crippen LogP contribution in [-0.2, 0) is 17.7 Å². The van der Waals surface area contributed by atoms with Gasteiger partial charge >= 0.3 is 0 Å². The molecule has 0 radical (unpaired) electrons. The van der Waals surface area contributed by atoms with E-state index in [0.717, 1.165) is 29.7 Å². The fourth-order valence-corrected chi connectivity index (χ4v) is 2.47. The van der Waals surface area contributed by atoms with Gasteiger partial charge in [-0.05, 0) is 36.2 Å². The molecule has 0 aromatic heterocycles. The third-order valence-electron chi connectivity index (χ3n) is 2.69. The molecule has 1 aliphatic rings. The maximum absolute atomic E-state index is 5.62. The summed E-state index contributed by atoms with van der Waals surface area (Å²) < 4.78 is 11.7. The van der Waals surface area contributed by atoms with Crippen LogP contribution in [0.3, 0.4) is 0 Å². The van der Waals surface area contributed by atoms with Crippen molar-refractivity contribution >= 4 is 15.9 Å². The highest BCUT2D eigenvalue weighted by atomic mass is 79.9. The van der Waals surface area contributed by atoms with E-state index >= 15 is 0 Å². The molecule has 3 nitrogen and oxygen atoms in total. The topological polar surface area (TPSA) is 30.5 Å². The summed E-state index contributed by atoms with van der Waals surface area (Å²) >= 11 is 3.59. The summed E-state index contributed by atoms with van der Waals surface area (Å²) in [5, 5.41) is 3.36. The van der Waals surface area contributed by atoms with Crippen LogP contribution in [0.15, 0.2) is 16.6 Å². The number of methoxy groups -OCH3 is 1. The highest BCUT2D eigenvalue weighted by Gasteiger charge is 2.13. The van der Waals surface area contributed by atoms with Gasteiger partial charge in [0.15, 0.2) is 0 Å². The van der Waals surface area contributed by atoms with Crippen molar-refractivity contribution in [3.05, 3.63) is 27.7 Å². The van der Waals surface area contributed by atoms with Crippen LogP contribution >= 0.6 is 15.9 Å². The monoisotopic (exact) mass is 285 g/mol. The van der Waals surface area contributed by atoms with E-state index in [1.807, 2.05) is 6.07 Å². The Hall–Kier alpha value is -0.580. The third kappa shape index (κ3) is 2.75. The van der Waals surface area contributed by atoms with Crippen LogP contribution in [0.1, 0.15) is 11.1 Å². The smallest absolute Gasteiger partial charge is 0.120 e. The SMILES string of the molecule is COCCOc1cc(Br)c2c(c1)CCNC2. The molecule has 0 atom stereocenters. The molecular weight excluding hydrogens is 270 g/mol. The fourth-order valence-electron chi connectivity index (χ4n) is 1.85. The molecule has 0 unspecified atom stereocenters. The number of rotatable bonds is 4. The Morgan fingerprint density at radius 1 is 1.38 bits per heavy atom. The molecule has 0 bridgehead atoms. The first kappa shape index (κ1) is 11.9. The molecule has 16 heavy (non-hydrogen) atoms. The summed E-state index contributed by atoms with van der Waals surface area (Å²) in [7, 11) is 1.68. The minimum atomic E-state index is 0.597. The number of hydrogen-bond acceptors (Lipinski definition) is 3. The Labute approximate surface area is 104 Å². The van der Waals surface area contributed by atoms with Gasteiger partial charge in [-0.25, -0.2) is 0 Å². The molecule has 0 amide bonds. The molecule has 0 spiro atoms. The van der Waals surface area contributed by atoms with E-state index in [4.69, 9.17) is 9.47 Å². The predicted octanol–water partition coefficient (Wildman–Crippen LogP) is 2.12. The van der Waals surface area contributed by atoms with Gasteiger partial charge in [0, 0.05) is 18.1 Å². The maximum Gasteiger partial charge on any atom is 0.120 e. The highest BCUT2D eigenvalue weighted by molar-refractivity contribution is 9.10. The Balaban J connectivity index is 2.12. The molecule has 0 aliphatic carbocycles. The summed E-state index contributed by atoms with van der Waals surface area (Å²) in [5.74, 6) is 0.921. The molecule has 88 valence electrons. The molecule has 1 aromatic carbocycles. The summed E-state index contributed by atoms with van der Waals surface area (Å²) in [5.41, 5.74) is 2.73. The van der Waals surface area contributed by atoms with Gasteiger partial charge in [-0.3, -0.25) is 0 Å². The van der Waals surface area contributed by atoms with Gasteiger partial charge in [0.2, 0.25) is 0 Å². The molecule has 1 aliphatic heterocycles. The van der Waals surface area contributed by atoms with Crippen molar-refractivity contribution in [2.24, 2.45) is 0 Å². The first-order valence-electron chi connectivity index (χ1n) is 5.45. The van der Waals surface area contributed by atoms with E-state index in [-0.39, 0.29) is 0 Å². The fraction of sp³-hybridized carbons (Fsp3) is 0.500. The van der Waals surface area contributed by atoms with E-state index in [1.54, 1.807) is 7.11 Å². The van der Waals surface area contributed by atoms with Crippen molar-refractivity contribution in [2.75, 3.05) is 26.9 Å². The molecule has 0 saturated carbocycles. The van der Waals surface area contributed by atoms with Gasteiger partial charge in [0.1, 0.15) is 12.4 Å². The van der Waals surface area contributed by atoms with Crippen LogP contribution in [0, 0.1) is 0 Å². The normalized spacial score (nSPS) is 14.6. The van der Waals surface area contributed by atoms with E-state index in [2.05, 4.69) is 27.3 Å². The maximum atomic E-state index is 5.62. The van der Waals surface area contributed by atoms with Crippen molar-refractivity contribution < 1.29 is 9.47 Å². The van der Waals surface area contributed by atoms with Crippen LogP contribution in [0.4, 0.5) is 0 Å². The lowest BCUT2D eigenvalue weighted by Gasteiger charge is -2.19. The number of ether oxygens (including phenoxy) is 2. The van der Waals surface area contributed by atoms with Crippen molar-refractivity contribution in [3.63, 3.8) is 0 Å². The molecule has 0 saturated heterocycles. The molecule has 2 rings (SSSR count). The van der Waals surface area contributed by atoms with E-state index in [0.29, 0.717) is 13.2 Å². The van der Waals surface area contributed by atoms with Crippen LogP contribution in [-0.4, -0.2) is 26.9 Å². The predicted molar refractivity (Wildman–Crippen MR) is 66.9 cm³/mol. The number of hydrogen-bond donors (Lipinski definition) is 1. The average Bonchev–Trinajstić information content (AvgIpc) is 2.30. The standard InChI is InChI=1S/C12H16BrNO2/c1-15-4-5-16-10-6-9-2-3-14-8-11(9)12(13)7-10/h6-7,14H,2-5,8H2,1H3. The first-order valence-corrected chi connectivity index (χ1v) is 6.24. The highest BCUT2D eigenvalue weighted by Crippen LogP contribution is 2.29. The van der Waals surface area contributed by atoms with Gasteiger partial charge in [-0.2, -0.15) is 0 Å². The van der Waals surface area contributed by atoms with Crippen LogP contribution in [0.5, 0.6) is 5.75 Å². The van der Waals surface area contributed by atoms with Crippen LogP contribution in [0.2, 0.25) is 0 Å². The van der Waals surface area contributed by atoms with Gasteiger partial charge in [0.25, 0.3) is 0 Å². The van der Waals surface area contributed by atoms with Crippen molar-refractivity contribution in [2.45, 2.75) is 13.0 Å².